The molecule has 0 bridgehead atoms. The summed E-state index contributed by atoms with van der Waals surface area (Å²) in [5, 5.41) is 7.85. The van der Waals surface area contributed by atoms with Crippen molar-refractivity contribution in [1.82, 2.24) is 9.99 Å². The molecule has 1 aliphatic rings. The van der Waals surface area contributed by atoms with Crippen LogP contribution in [0, 0.1) is 0 Å². The molecule has 1 heterocycles. The fraction of sp³-hybridized carbons (Fsp3) is 0.231. The highest BCUT2D eigenvalue weighted by atomic mass is 16.2. The zero-order chi connectivity index (χ0) is 20.3. The van der Waals surface area contributed by atoms with Crippen molar-refractivity contribution < 1.29 is 4.79 Å². The van der Waals surface area contributed by atoms with Crippen LogP contribution in [0.4, 0.5) is 0 Å². The van der Waals surface area contributed by atoms with Gasteiger partial charge in [-0.25, -0.2) is 5.43 Å². The van der Waals surface area contributed by atoms with Gasteiger partial charge in [0.25, 0.3) is 0 Å². The lowest BCUT2D eigenvalue weighted by atomic mass is 9.95. The van der Waals surface area contributed by atoms with Crippen LogP contribution in [0.1, 0.15) is 36.1 Å². The van der Waals surface area contributed by atoms with E-state index in [-0.39, 0.29) is 5.91 Å². The minimum atomic E-state index is -0.0613. The Kier molecular flexibility index (Phi) is 5.06. The number of hydrogen-bond acceptors (Lipinski definition) is 2. The number of hydrazone groups is 1. The Morgan fingerprint density at radius 2 is 1.70 bits per heavy atom. The molecule has 1 aliphatic carbocycles. The summed E-state index contributed by atoms with van der Waals surface area (Å²) >= 11 is 0. The number of aromatic nitrogens is 1. The molecule has 3 aromatic carbocycles. The average Bonchev–Trinajstić information content (AvgIpc) is 3.12. The van der Waals surface area contributed by atoms with Crippen LogP contribution in [0.2, 0.25) is 0 Å². The number of amides is 1. The molecule has 0 atom stereocenters. The number of fused-ring (bicyclic) bond motifs is 4. The first-order valence-electron chi connectivity index (χ1n) is 10.7. The molecule has 0 spiro atoms. The van der Waals surface area contributed by atoms with Crippen LogP contribution in [0.25, 0.3) is 21.7 Å². The van der Waals surface area contributed by atoms with Crippen LogP contribution < -0.4 is 5.43 Å². The third-order valence-electron chi connectivity index (χ3n) is 6.06. The van der Waals surface area contributed by atoms with Gasteiger partial charge in [0.15, 0.2) is 0 Å². The molecule has 4 heteroatoms. The van der Waals surface area contributed by atoms with E-state index in [1.165, 1.54) is 35.0 Å². The normalized spacial score (nSPS) is 13.7. The number of carbonyl (C=O) groups excluding carboxylic acids is 1. The van der Waals surface area contributed by atoms with E-state index in [1.54, 1.807) is 6.21 Å². The number of para-hydroxylation sites is 1. The summed E-state index contributed by atoms with van der Waals surface area (Å²) in [6.07, 6.45) is 6.87. The van der Waals surface area contributed by atoms with E-state index in [2.05, 4.69) is 57.6 Å². The van der Waals surface area contributed by atoms with Gasteiger partial charge < -0.3 is 4.57 Å². The zero-order valence-electron chi connectivity index (χ0n) is 17.0. The number of benzene rings is 3. The van der Waals surface area contributed by atoms with Crippen LogP contribution in [0.15, 0.2) is 71.8 Å². The highest BCUT2D eigenvalue weighted by Gasteiger charge is 2.19. The molecule has 0 saturated heterocycles. The highest BCUT2D eigenvalue weighted by molar-refractivity contribution is 6.00. The number of hydrogen-bond donors (Lipinski definition) is 1. The molecule has 1 aromatic heterocycles. The lowest BCUT2D eigenvalue weighted by Crippen LogP contribution is -2.20. The SMILES string of the molecule is O=C(CCn1c2c(c3ccccc31)CCCC2)N/N=C\c1cccc2ccccc12. The number of rotatable bonds is 5. The molecule has 30 heavy (non-hydrogen) atoms. The Labute approximate surface area is 176 Å². The first-order valence-corrected chi connectivity index (χ1v) is 10.7. The van der Waals surface area contributed by atoms with Crippen LogP contribution in [-0.4, -0.2) is 16.7 Å². The Morgan fingerprint density at radius 3 is 2.63 bits per heavy atom. The van der Waals surface area contributed by atoms with E-state index < -0.39 is 0 Å². The van der Waals surface area contributed by atoms with Gasteiger partial charge in [0.2, 0.25) is 5.91 Å². The van der Waals surface area contributed by atoms with Crippen LogP contribution in [0.5, 0.6) is 0 Å². The van der Waals surface area contributed by atoms with Crippen molar-refractivity contribution in [2.24, 2.45) is 5.10 Å². The van der Waals surface area contributed by atoms with Crippen molar-refractivity contribution in [3.05, 3.63) is 83.6 Å². The maximum Gasteiger partial charge on any atom is 0.241 e. The maximum atomic E-state index is 12.5. The lowest BCUT2D eigenvalue weighted by molar-refractivity contribution is -0.121. The molecular weight excluding hydrogens is 370 g/mol. The fourth-order valence-electron chi connectivity index (χ4n) is 4.65. The number of carbonyl (C=O) groups is 1. The molecule has 150 valence electrons. The van der Waals surface area contributed by atoms with E-state index in [4.69, 9.17) is 0 Å². The van der Waals surface area contributed by atoms with Gasteiger partial charge in [-0.1, -0.05) is 60.7 Å². The number of aryl methyl sites for hydroxylation is 2. The first kappa shape index (κ1) is 18.6. The van der Waals surface area contributed by atoms with Gasteiger partial charge in [-0.2, -0.15) is 5.10 Å². The molecular formula is C26H25N3O. The standard InChI is InChI=1S/C26H25N3O/c30-26(28-27-18-20-10-7-9-19-8-1-2-11-21(19)20)16-17-29-24-14-5-3-12-22(24)23-13-4-6-15-25(23)29/h1-3,5,7-12,14,18H,4,6,13,15-17H2,(H,28,30)/b27-18-. The third-order valence-corrected chi connectivity index (χ3v) is 6.06. The Hall–Kier alpha value is -3.40. The molecule has 4 aromatic rings. The molecule has 0 saturated carbocycles. The molecule has 0 unspecified atom stereocenters. The van der Waals surface area contributed by atoms with E-state index in [9.17, 15) is 4.79 Å². The number of nitrogens with zero attached hydrogens (tertiary/aromatic N) is 2. The van der Waals surface area contributed by atoms with Crippen molar-refractivity contribution >= 4 is 33.8 Å². The first-order chi connectivity index (χ1) is 14.8. The summed E-state index contributed by atoms with van der Waals surface area (Å²) in [6.45, 7) is 0.686. The number of nitrogens with one attached hydrogen (secondary N) is 1. The summed E-state index contributed by atoms with van der Waals surface area (Å²) in [6, 6.07) is 22.8. The highest BCUT2D eigenvalue weighted by Crippen LogP contribution is 2.32. The zero-order valence-corrected chi connectivity index (χ0v) is 17.0. The maximum absolute atomic E-state index is 12.5. The molecule has 5 rings (SSSR count). The van der Waals surface area contributed by atoms with Gasteiger partial charge in [-0.05, 0) is 48.1 Å². The largest absolute Gasteiger partial charge is 0.344 e. The summed E-state index contributed by atoms with van der Waals surface area (Å²) in [5.74, 6) is -0.0613. The van der Waals surface area contributed by atoms with Crippen molar-refractivity contribution in [1.29, 1.82) is 0 Å². The van der Waals surface area contributed by atoms with Crippen LogP contribution >= 0.6 is 0 Å². The quantitative estimate of drug-likeness (QED) is 0.366. The second-order valence-corrected chi connectivity index (χ2v) is 7.91. The Morgan fingerprint density at radius 1 is 0.933 bits per heavy atom. The van der Waals surface area contributed by atoms with Gasteiger partial charge in [0.1, 0.15) is 0 Å². The van der Waals surface area contributed by atoms with Crippen LogP contribution in [-0.2, 0) is 24.2 Å². The molecule has 4 nitrogen and oxygen atoms in total. The average molecular weight is 396 g/mol. The summed E-state index contributed by atoms with van der Waals surface area (Å²) in [4.78, 5) is 12.5. The molecule has 0 radical (unpaired) electrons. The molecule has 1 amide bonds. The molecule has 1 N–H and O–H groups in total. The van der Waals surface area contributed by atoms with E-state index in [0.29, 0.717) is 13.0 Å². The third kappa shape index (κ3) is 3.50. The minimum absolute atomic E-state index is 0.0613. The van der Waals surface area contributed by atoms with Gasteiger partial charge in [-0.15, -0.1) is 0 Å². The summed E-state index contributed by atoms with van der Waals surface area (Å²) in [7, 11) is 0. The minimum Gasteiger partial charge on any atom is -0.344 e. The van der Waals surface area contributed by atoms with Gasteiger partial charge >= 0.3 is 0 Å². The van der Waals surface area contributed by atoms with Crippen molar-refractivity contribution in [3.8, 4) is 0 Å². The Balaban J connectivity index is 1.29. The van der Waals surface area contributed by atoms with Crippen molar-refractivity contribution in [2.75, 3.05) is 0 Å². The van der Waals surface area contributed by atoms with Gasteiger partial charge in [-0.3, -0.25) is 4.79 Å². The lowest BCUT2D eigenvalue weighted by Gasteiger charge is -2.15. The molecule has 0 aliphatic heterocycles. The van der Waals surface area contributed by atoms with Crippen molar-refractivity contribution in [3.63, 3.8) is 0 Å². The monoisotopic (exact) mass is 395 g/mol. The second-order valence-electron chi connectivity index (χ2n) is 7.91. The summed E-state index contributed by atoms with van der Waals surface area (Å²) in [5.41, 5.74) is 7.84. The fourth-order valence-corrected chi connectivity index (χ4v) is 4.65. The Bertz CT molecular complexity index is 1250. The van der Waals surface area contributed by atoms with E-state index in [0.717, 1.165) is 29.2 Å². The van der Waals surface area contributed by atoms with Gasteiger partial charge in [0.05, 0.1) is 6.21 Å². The van der Waals surface area contributed by atoms with Crippen LogP contribution in [0.3, 0.4) is 0 Å². The molecule has 0 fully saturated rings. The predicted molar refractivity (Wildman–Crippen MR) is 123 cm³/mol. The van der Waals surface area contributed by atoms with E-state index in [1.807, 2.05) is 24.3 Å². The topological polar surface area (TPSA) is 46.4 Å². The predicted octanol–water partition coefficient (Wildman–Crippen LogP) is 5.21. The van der Waals surface area contributed by atoms with Gasteiger partial charge in [0, 0.05) is 35.1 Å². The summed E-state index contributed by atoms with van der Waals surface area (Å²) < 4.78 is 2.35. The smallest absolute Gasteiger partial charge is 0.241 e. The second kappa shape index (κ2) is 8.15. The van der Waals surface area contributed by atoms with Crippen molar-refractivity contribution in [2.45, 2.75) is 38.6 Å². The van der Waals surface area contributed by atoms with E-state index >= 15 is 0 Å².